The number of aliphatic hydroxyl groups is 1. The molecule has 1 N–H and O–H groups in total. The molecule has 0 fully saturated rings. The van der Waals surface area contributed by atoms with Crippen molar-refractivity contribution < 1.29 is 13.9 Å². The topological polar surface area (TPSA) is 20.2 Å². The molecule has 0 aliphatic heterocycles. The molecule has 2 aromatic rings. The van der Waals surface area contributed by atoms with Gasteiger partial charge in [0.1, 0.15) is 17.7 Å². The molecule has 0 aromatic heterocycles. The minimum Gasteiger partial charge on any atom is -0.384 e. The first kappa shape index (κ1) is 13.5. The van der Waals surface area contributed by atoms with Gasteiger partial charge < -0.3 is 5.11 Å². The van der Waals surface area contributed by atoms with Gasteiger partial charge in [0.15, 0.2) is 0 Å². The molecule has 0 bridgehead atoms. The predicted molar refractivity (Wildman–Crippen MR) is 69.6 cm³/mol. The Morgan fingerprint density at radius 2 is 1.83 bits per heavy atom. The summed E-state index contributed by atoms with van der Waals surface area (Å²) in [5, 5.41) is 10.3. The molecule has 5 heteroatoms. The van der Waals surface area contributed by atoms with Crippen molar-refractivity contribution >= 4 is 27.5 Å². The van der Waals surface area contributed by atoms with Crippen molar-refractivity contribution in [3.05, 3.63) is 68.7 Å². The SMILES string of the molecule is OC(c1ccc(F)c(Br)c1)c1ccc(F)cc1Cl. The fraction of sp³-hybridized carbons (Fsp3) is 0.0769. The van der Waals surface area contributed by atoms with E-state index in [1.807, 2.05) is 0 Å². The van der Waals surface area contributed by atoms with Crippen molar-refractivity contribution in [2.24, 2.45) is 0 Å². The van der Waals surface area contributed by atoms with Gasteiger partial charge in [0, 0.05) is 10.6 Å². The molecule has 0 heterocycles. The fourth-order valence-corrected chi connectivity index (χ4v) is 2.25. The van der Waals surface area contributed by atoms with Crippen LogP contribution in [-0.2, 0) is 0 Å². The van der Waals surface area contributed by atoms with Gasteiger partial charge in [-0.1, -0.05) is 23.7 Å². The number of halogens is 4. The van der Waals surface area contributed by atoms with Gasteiger partial charge in [-0.2, -0.15) is 0 Å². The zero-order valence-electron chi connectivity index (χ0n) is 9.00. The Morgan fingerprint density at radius 3 is 2.44 bits per heavy atom. The number of aliphatic hydroxyl groups excluding tert-OH is 1. The molecule has 0 saturated heterocycles. The Labute approximate surface area is 116 Å². The summed E-state index contributed by atoms with van der Waals surface area (Å²) in [6, 6.07) is 7.88. The maximum atomic E-state index is 13.1. The van der Waals surface area contributed by atoms with E-state index in [1.165, 1.54) is 30.3 Å². The zero-order valence-corrected chi connectivity index (χ0v) is 11.3. The molecule has 0 amide bonds. The van der Waals surface area contributed by atoms with Crippen molar-refractivity contribution in [3.63, 3.8) is 0 Å². The number of hydrogen-bond donors (Lipinski definition) is 1. The van der Waals surface area contributed by atoms with E-state index in [0.29, 0.717) is 11.1 Å². The highest BCUT2D eigenvalue weighted by Crippen LogP contribution is 2.30. The van der Waals surface area contributed by atoms with Crippen LogP contribution in [0, 0.1) is 11.6 Å². The molecule has 0 spiro atoms. The molecule has 0 saturated carbocycles. The summed E-state index contributed by atoms with van der Waals surface area (Å²) >= 11 is 8.90. The van der Waals surface area contributed by atoms with Gasteiger partial charge in [0.05, 0.1) is 4.47 Å². The van der Waals surface area contributed by atoms with Gasteiger partial charge in [0.2, 0.25) is 0 Å². The first-order valence-corrected chi connectivity index (χ1v) is 6.24. The number of hydrogen-bond acceptors (Lipinski definition) is 1. The lowest BCUT2D eigenvalue weighted by molar-refractivity contribution is 0.220. The van der Waals surface area contributed by atoms with Crippen LogP contribution in [0.5, 0.6) is 0 Å². The van der Waals surface area contributed by atoms with Gasteiger partial charge in [-0.15, -0.1) is 0 Å². The summed E-state index contributed by atoms with van der Waals surface area (Å²) in [7, 11) is 0. The summed E-state index contributed by atoms with van der Waals surface area (Å²) in [5.41, 5.74) is 0.841. The highest BCUT2D eigenvalue weighted by atomic mass is 79.9. The second-order valence-electron chi connectivity index (χ2n) is 3.74. The second kappa shape index (κ2) is 5.34. The van der Waals surface area contributed by atoms with Crippen LogP contribution in [0.1, 0.15) is 17.2 Å². The highest BCUT2D eigenvalue weighted by Gasteiger charge is 2.15. The van der Waals surface area contributed by atoms with Crippen molar-refractivity contribution in [2.75, 3.05) is 0 Å². The molecule has 0 aliphatic rings. The lowest BCUT2D eigenvalue weighted by atomic mass is 10.0. The summed E-state index contributed by atoms with van der Waals surface area (Å²) in [6.45, 7) is 0. The molecular formula is C13H8BrClF2O. The van der Waals surface area contributed by atoms with Gasteiger partial charge in [0.25, 0.3) is 0 Å². The summed E-state index contributed by atoms with van der Waals surface area (Å²) in [4.78, 5) is 0. The van der Waals surface area contributed by atoms with Gasteiger partial charge in [-0.05, 0) is 45.8 Å². The lowest BCUT2D eigenvalue weighted by Gasteiger charge is -2.13. The van der Waals surface area contributed by atoms with Crippen LogP contribution >= 0.6 is 27.5 Å². The largest absolute Gasteiger partial charge is 0.384 e. The van der Waals surface area contributed by atoms with E-state index in [9.17, 15) is 13.9 Å². The van der Waals surface area contributed by atoms with Crippen molar-refractivity contribution in [1.82, 2.24) is 0 Å². The molecular weight excluding hydrogens is 325 g/mol. The maximum Gasteiger partial charge on any atom is 0.137 e. The minimum atomic E-state index is -1.03. The molecule has 0 aliphatic carbocycles. The summed E-state index contributed by atoms with van der Waals surface area (Å²) in [5.74, 6) is -0.896. The number of rotatable bonds is 2. The smallest absolute Gasteiger partial charge is 0.137 e. The zero-order chi connectivity index (χ0) is 13.3. The Bertz CT molecular complexity index is 589. The summed E-state index contributed by atoms with van der Waals surface area (Å²) < 4.78 is 26.2. The Kier molecular flexibility index (Phi) is 4.00. The lowest BCUT2D eigenvalue weighted by Crippen LogP contribution is -2.01. The van der Waals surface area contributed by atoms with Crippen LogP contribution in [0.3, 0.4) is 0 Å². The van der Waals surface area contributed by atoms with E-state index in [-0.39, 0.29) is 9.50 Å². The van der Waals surface area contributed by atoms with E-state index < -0.39 is 17.7 Å². The molecule has 1 nitrogen and oxygen atoms in total. The van der Waals surface area contributed by atoms with E-state index in [4.69, 9.17) is 11.6 Å². The average molecular weight is 334 g/mol. The van der Waals surface area contributed by atoms with Crippen molar-refractivity contribution in [3.8, 4) is 0 Å². The standard InChI is InChI=1S/C13H8BrClF2O/c14-10-5-7(1-4-12(10)17)13(18)9-3-2-8(16)6-11(9)15/h1-6,13,18H. The third-order valence-corrected chi connectivity index (χ3v) is 3.45. The van der Waals surface area contributed by atoms with E-state index in [0.717, 1.165) is 6.07 Å². The highest BCUT2D eigenvalue weighted by molar-refractivity contribution is 9.10. The normalized spacial score (nSPS) is 12.5. The van der Waals surface area contributed by atoms with Gasteiger partial charge in [-0.25, -0.2) is 8.78 Å². The molecule has 2 aromatic carbocycles. The summed E-state index contributed by atoms with van der Waals surface area (Å²) in [6.07, 6.45) is -1.03. The first-order chi connectivity index (χ1) is 8.49. The first-order valence-electron chi connectivity index (χ1n) is 5.07. The third kappa shape index (κ3) is 2.71. The monoisotopic (exact) mass is 332 g/mol. The van der Waals surface area contributed by atoms with Crippen LogP contribution in [0.25, 0.3) is 0 Å². The Morgan fingerprint density at radius 1 is 1.11 bits per heavy atom. The van der Waals surface area contributed by atoms with Crippen molar-refractivity contribution in [2.45, 2.75) is 6.10 Å². The minimum absolute atomic E-state index is 0.128. The van der Waals surface area contributed by atoms with E-state index in [1.54, 1.807) is 0 Å². The van der Waals surface area contributed by atoms with Crippen LogP contribution in [0.2, 0.25) is 5.02 Å². The predicted octanol–water partition coefficient (Wildman–Crippen LogP) is 4.46. The number of benzene rings is 2. The molecule has 1 atom stereocenters. The molecule has 2 rings (SSSR count). The third-order valence-electron chi connectivity index (χ3n) is 2.52. The van der Waals surface area contributed by atoms with Gasteiger partial charge >= 0.3 is 0 Å². The Hall–Kier alpha value is -0.970. The van der Waals surface area contributed by atoms with Crippen LogP contribution in [0.15, 0.2) is 40.9 Å². The van der Waals surface area contributed by atoms with Crippen LogP contribution < -0.4 is 0 Å². The molecule has 18 heavy (non-hydrogen) atoms. The van der Waals surface area contributed by atoms with Crippen molar-refractivity contribution in [1.29, 1.82) is 0 Å². The molecule has 1 unspecified atom stereocenters. The average Bonchev–Trinajstić information content (AvgIpc) is 2.32. The second-order valence-corrected chi connectivity index (χ2v) is 5.00. The Balaban J connectivity index is 2.41. The van der Waals surface area contributed by atoms with E-state index >= 15 is 0 Å². The van der Waals surface area contributed by atoms with Crippen LogP contribution in [-0.4, -0.2) is 5.11 Å². The van der Waals surface area contributed by atoms with Gasteiger partial charge in [-0.3, -0.25) is 0 Å². The maximum absolute atomic E-state index is 13.1. The van der Waals surface area contributed by atoms with Crippen LogP contribution in [0.4, 0.5) is 8.78 Å². The van der Waals surface area contributed by atoms with E-state index in [2.05, 4.69) is 15.9 Å². The quantitative estimate of drug-likeness (QED) is 0.860. The molecule has 0 radical (unpaired) electrons. The molecule has 94 valence electrons. The fourth-order valence-electron chi connectivity index (χ4n) is 1.59.